The molecule has 1 heterocycles. The summed E-state index contributed by atoms with van der Waals surface area (Å²) < 4.78 is 9.87. The minimum atomic E-state index is -1.38. The normalized spacial score (nSPS) is 37.8. The first kappa shape index (κ1) is 14.7. The Morgan fingerprint density at radius 3 is 2.47 bits per heavy atom. The second-order valence-corrected chi connectivity index (χ2v) is 4.72. The van der Waals surface area contributed by atoms with E-state index in [0.29, 0.717) is 0 Å². The van der Waals surface area contributed by atoms with Gasteiger partial charge in [0.1, 0.15) is 29.9 Å². The third-order valence-corrected chi connectivity index (χ3v) is 3.62. The molecule has 0 radical (unpaired) electrons. The van der Waals surface area contributed by atoms with E-state index in [-0.39, 0.29) is 11.7 Å². The Balaban J connectivity index is 2.56. The highest BCUT2D eigenvalue weighted by Gasteiger charge is 2.43. The van der Waals surface area contributed by atoms with Crippen molar-refractivity contribution in [2.24, 2.45) is 0 Å². The zero-order valence-electron chi connectivity index (χ0n) is 9.31. The predicted molar refractivity (Wildman–Crippen MR) is 61.0 cm³/mol. The minimum absolute atomic E-state index is 0.00644. The Labute approximate surface area is 103 Å². The van der Waals surface area contributed by atoms with Crippen LogP contribution in [0.3, 0.4) is 0 Å². The zero-order valence-corrected chi connectivity index (χ0v) is 10.1. The van der Waals surface area contributed by atoms with Crippen molar-refractivity contribution in [2.75, 3.05) is 19.5 Å². The summed E-state index contributed by atoms with van der Waals surface area (Å²) in [5.41, 5.74) is -0.818. The van der Waals surface area contributed by atoms with Crippen LogP contribution in [-0.2, 0) is 9.47 Å². The summed E-state index contributed by atoms with van der Waals surface area (Å²) in [5, 5.41) is 44.9. The highest BCUT2D eigenvalue weighted by Crippen LogP contribution is 2.28. The molecule has 1 aliphatic rings. The lowest BCUT2D eigenvalue weighted by Crippen LogP contribution is -2.57. The number of aliphatic hydroxyl groups excluding tert-OH is 4. The van der Waals surface area contributed by atoms with Gasteiger partial charge in [0.25, 0.3) is 0 Å². The van der Waals surface area contributed by atoms with Gasteiger partial charge in [0, 0.05) is 0 Å². The first-order chi connectivity index (χ1) is 8.01. The van der Waals surface area contributed by atoms with E-state index in [1.54, 1.807) is 0 Å². The number of nitrogens with one attached hydrogen (secondary N) is 1. The number of methoxy groups -OCH3 is 1. The highest BCUT2D eigenvalue weighted by molar-refractivity contribution is 8.00. The second-order valence-electron chi connectivity index (χ2n) is 3.64. The van der Waals surface area contributed by atoms with Gasteiger partial charge in [-0.15, -0.1) is 11.8 Å². The van der Waals surface area contributed by atoms with Gasteiger partial charge in [-0.3, -0.25) is 5.41 Å². The van der Waals surface area contributed by atoms with E-state index in [1.165, 1.54) is 7.11 Å². The monoisotopic (exact) mass is 267 g/mol. The highest BCUT2D eigenvalue weighted by atomic mass is 32.2. The molecule has 1 rings (SSSR count). The maximum atomic E-state index is 9.66. The van der Waals surface area contributed by atoms with Gasteiger partial charge in [-0.1, -0.05) is 0 Å². The van der Waals surface area contributed by atoms with Crippen molar-refractivity contribution in [1.82, 2.24) is 0 Å². The van der Waals surface area contributed by atoms with Gasteiger partial charge in [-0.2, -0.15) is 0 Å². The van der Waals surface area contributed by atoms with E-state index in [0.717, 1.165) is 11.8 Å². The van der Waals surface area contributed by atoms with Crippen molar-refractivity contribution in [1.29, 1.82) is 5.41 Å². The van der Waals surface area contributed by atoms with Crippen LogP contribution in [-0.4, -0.2) is 75.6 Å². The summed E-state index contributed by atoms with van der Waals surface area (Å²) in [5.74, 6) is 0.172. The largest absolute Gasteiger partial charge is 0.484 e. The molecule has 5 atom stereocenters. The average Bonchev–Trinajstić information content (AvgIpc) is 2.34. The lowest BCUT2D eigenvalue weighted by molar-refractivity contribution is -0.205. The smallest absolute Gasteiger partial charge is 0.190 e. The molecule has 5 N–H and O–H groups in total. The molecule has 7 nitrogen and oxygen atoms in total. The third-order valence-electron chi connectivity index (χ3n) is 2.47. The number of aliphatic hydroxyl groups is 4. The molecular weight excluding hydrogens is 250 g/mol. The second kappa shape index (κ2) is 6.53. The summed E-state index contributed by atoms with van der Waals surface area (Å²) in [4.78, 5) is 0. The molecule has 0 aliphatic carbocycles. The van der Waals surface area contributed by atoms with Gasteiger partial charge >= 0.3 is 0 Å². The van der Waals surface area contributed by atoms with Crippen LogP contribution < -0.4 is 0 Å². The standard InChI is InChI=1S/C9H17NO6S/c1-15-5(10)3-17-9-8(14)7(13)6(12)4(2-11)16-9/h4,6-14H,2-3H2,1H3/t4-,6+,7+,8-,9-/m1/s1. The maximum absolute atomic E-state index is 9.66. The first-order valence-corrected chi connectivity index (χ1v) is 6.09. The van der Waals surface area contributed by atoms with Gasteiger partial charge in [0.2, 0.25) is 0 Å². The summed E-state index contributed by atoms with van der Waals surface area (Å²) in [6.07, 6.45) is -4.92. The van der Waals surface area contributed by atoms with E-state index >= 15 is 0 Å². The molecule has 8 heteroatoms. The summed E-state index contributed by atoms with van der Waals surface area (Å²) in [6.45, 7) is -0.455. The van der Waals surface area contributed by atoms with Crippen LogP contribution in [0.25, 0.3) is 0 Å². The minimum Gasteiger partial charge on any atom is -0.484 e. The number of thioether (sulfide) groups is 1. The first-order valence-electron chi connectivity index (χ1n) is 5.04. The van der Waals surface area contributed by atoms with Crippen molar-refractivity contribution < 1.29 is 29.9 Å². The summed E-state index contributed by atoms with van der Waals surface area (Å²) in [7, 11) is 1.36. The maximum Gasteiger partial charge on any atom is 0.190 e. The van der Waals surface area contributed by atoms with E-state index in [4.69, 9.17) is 15.3 Å². The molecule has 0 unspecified atom stereocenters. The molecule has 0 amide bonds. The molecule has 1 fully saturated rings. The van der Waals surface area contributed by atoms with E-state index < -0.39 is 36.5 Å². The van der Waals surface area contributed by atoms with Gasteiger partial charge in [0.05, 0.1) is 19.5 Å². The van der Waals surface area contributed by atoms with Crippen LogP contribution in [0.5, 0.6) is 0 Å². The van der Waals surface area contributed by atoms with Crippen LogP contribution in [0.15, 0.2) is 0 Å². The van der Waals surface area contributed by atoms with Crippen molar-refractivity contribution in [2.45, 2.75) is 29.9 Å². The Bertz CT molecular complexity index is 264. The summed E-state index contributed by atoms with van der Waals surface area (Å²) >= 11 is 1.06. The number of ether oxygens (including phenoxy) is 2. The lowest BCUT2D eigenvalue weighted by Gasteiger charge is -2.39. The Morgan fingerprint density at radius 1 is 1.29 bits per heavy atom. The molecule has 0 aromatic rings. The Kier molecular flexibility index (Phi) is 5.63. The van der Waals surface area contributed by atoms with Gasteiger partial charge in [-0.25, -0.2) is 0 Å². The fraction of sp³-hybridized carbons (Fsp3) is 0.889. The molecule has 1 aliphatic heterocycles. The molecule has 17 heavy (non-hydrogen) atoms. The molecule has 0 saturated carbocycles. The zero-order chi connectivity index (χ0) is 13.0. The van der Waals surface area contributed by atoms with E-state index in [2.05, 4.69) is 4.74 Å². The van der Waals surface area contributed by atoms with Gasteiger partial charge in [0.15, 0.2) is 5.90 Å². The number of hydrogen-bond donors (Lipinski definition) is 5. The van der Waals surface area contributed by atoms with Crippen LogP contribution >= 0.6 is 11.8 Å². The molecule has 1 saturated heterocycles. The van der Waals surface area contributed by atoms with Gasteiger partial charge in [-0.05, 0) is 0 Å². The topological polar surface area (TPSA) is 123 Å². The molecule has 100 valence electrons. The van der Waals surface area contributed by atoms with Crippen LogP contribution in [0, 0.1) is 5.41 Å². The lowest BCUT2D eigenvalue weighted by atomic mass is 10.0. The Hall–Kier alpha value is -0.380. The van der Waals surface area contributed by atoms with Crippen molar-refractivity contribution in [3.8, 4) is 0 Å². The molecule has 0 spiro atoms. The number of rotatable bonds is 4. The SMILES string of the molecule is COC(=N)CS[C@H]1O[C@H](CO)[C@H](O)[C@H](O)[C@H]1O. The fourth-order valence-corrected chi connectivity index (χ4v) is 2.43. The fourth-order valence-electron chi connectivity index (χ4n) is 1.42. The van der Waals surface area contributed by atoms with Crippen molar-refractivity contribution in [3.63, 3.8) is 0 Å². The van der Waals surface area contributed by atoms with Crippen LogP contribution in [0.4, 0.5) is 0 Å². The predicted octanol–water partition coefficient (Wildman–Crippen LogP) is -1.86. The molecular formula is C9H17NO6S. The average molecular weight is 267 g/mol. The molecule has 0 aromatic carbocycles. The van der Waals surface area contributed by atoms with Crippen molar-refractivity contribution >= 4 is 17.7 Å². The molecule has 0 aromatic heterocycles. The molecule has 0 bridgehead atoms. The quantitative estimate of drug-likeness (QED) is 0.299. The summed E-state index contributed by atoms with van der Waals surface area (Å²) in [6, 6.07) is 0. The van der Waals surface area contributed by atoms with E-state index in [1.807, 2.05) is 0 Å². The van der Waals surface area contributed by atoms with Crippen LogP contribution in [0.2, 0.25) is 0 Å². The van der Waals surface area contributed by atoms with Crippen molar-refractivity contribution in [3.05, 3.63) is 0 Å². The van der Waals surface area contributed by atoms with Crippen LogP contribution in [0.1, 0.15) is 0 Å². The van der Waals surface area contributed by atoms with E-state index in [9.17, 15) is 15.3 Å². The number of hydrogen-bond acceptors (Lipinski definition) is 8. The third kappa shape index (κ3) is 3.54. The Morgan fingerprint density at radius 2 is 1.94 bits per heavy atom. The van der Waals surface area contributed by atoms with Gasteiger partial charge < -0.3 is 29.9 Å².